The van der Waals surface area contributed by atoms with E-state index in [-0.39, 0.29) is 5.92 Å². The van der Waals surface area contributed by atoms with E-state index in [1.807, 2.05) is 0 Å². The molecule has 0 aromatic heterocycles. The molecule has 2 rings (SSSR count). The highest BCUT2D eigenvalue weighted by molar-refractivity contribution is 6.36. The number of nitrogens with zero attached hydrogens (tertiary/aromatic N) is 1. The standard InChI is InChI=1S/C12H17Cl2NO/c13-7-9(14)8-15-6-2-4-11(15)10-3-1-5-12(10)16/h7,10-11H,1-6,8H2. The Morgan fingerprint density at radius 3 is 2.88 bits per heavy atom. The molecule has 2 unspecified atom stereocenters. The van der Waals surface area contributed by atoms with Gasteiger partial charge >= 0.3 is 0 Å². The van der Waals surface area contributed by atoms with E-state index in [9.17, 15) is 4.79 Å². The number of carbonyl (C=O) groups is 1. The third-order valence-electron chi connectivity index (χ3n) is 3.70. The van der Waals surface area contributed by atoms with Gasteiger partial charge in [0.2, 0.25) is 0 Å². The molecule has 2 nitrogen and oxygen atoms in total. The van der Waals surface area contributed by atoms with Crippen LogP contribution in [0.5, 0.6) is 0 Å². The first-order valence-electron chi connectivity index (χ1n) is 5.94. The van der Waals surface area contributed by atoms with Crippen LogP contribution in [0.1, 0.15) is 32.1 Å². The van der Waals surface area contributed by atoms with Gasteiger partial charge in [0, 0.05) is 35.5 Å². The Kier molecular flexibility index (Phi) is 4.28. The minimum atomic E-state index is 0.252. The van der Waals surface area contributed by atoms with Crippen LogP contribution in [0, 0.1) is 5.92 Å². The second-order valence-corrected chi connectivity index (χ2v) is 5.40. The molecule has 1 saturated heterocycles. The average Bonchev–Trinajstić information content (AvgIpc) is 2.86. The SMILES string of the molecule is O=C1CCCC1C1CCCN1CC(Cl)=CCl. The minimum Gasteiger partial charge on any atom is -0.299 e. The maximum atomic E-state index is 11.8. The molecular weight excluding hydrogens is 245 g/mol. The molecule has 0 radical (unpaired) electrons. The fourth-order valence-corrected chi connectivity index (χ4v) is 3.20. The van der Waals surface area contributed by atoms with Crippen molar-refractivity contribution in [3.8, 4) is 0 Å². The lowest BCUT2D eigenvalue weighted by molar-refractivity contribution is -0.122. The topological polar surface area (TPSA) is 20.3 Å². The zero-order valence-corrected chi connectivity index (χ0v) is 10.8. The fourth-order valence-electron chi connectivity index (χ4n) is 2.98. The lowest BCUT2D eigenvalue weighted by atomic mass is 9.95. The summed E-state index contributed by atoms with van der Waals surface area (Å²) in [5.41, 5.74) is 1.42. The van der Waals surface area contributed by atoms with Crippen LogP contribution in [0.2, 0.25) is 0 Å². The number of hydrogen-bond donors (Lipinski definition) is 0. The first-order valence-corrected chi connectivity index (χ1v) is 6.75. The van der Waals surface area contributed by atoms with Gasteiger partial charge in [-0.15, -0.1) is 0 Å². The van der Waals surface area contributed by atoms with Crippen LogP contribution in [0.3, 0.4) is 0 Å². The first kappa shape index (κ1) is 12.4. The number of hydrogen-bond acceptors (Lipinski definition) is 2. The van der Waals surface area contributed by atoms with Gasteiger partial charge in [-0.2, -0.15) is 0 Å². The summed E-state index contributed by atoms with van der Waals surface area (Å²) in [6.45, 7) is 1.73. The van der Waals surface area contributed by atoms with Crippen LogP contribution in [0.15, 0.2) is 10.6 Å². The number of likely N-dealkylation sites (tertiary alicyclic amines) is 1. The number of halogens is 2. The largest absolute Gasteiger partial charge is 0.299 e. The summed E-state index contributed by atoms with van der Waals surface area (Å²) >= 11 is 11.5. The van der Waals surface area contributed by atoms with Gasteiger partial charge in [0.25, 0.3) is 0 Å². The van der Waals surface area contributed by atoms with Crippen molar-refractivity contribution in [2.24, 2.45) is 5.92 Å². The number of carbonyl (C=O) groups excluding carboxylic acids is 1. The third kappa shape index (κ3) is 2.61. The van der Waals surface area contributed by atoms with Crippen molar-refractivity contribution < 1.29 is 4.79 Å². The molecule has 0 bridgehead atoms. The Bertz CT molecular complexity index is 303. The molecule has 0 spiro atoms. The van der Waals surface area contributed by atoms with Gasteiger partial charge in [0.1, 0.15) is 5.78 Å². The molecule has 2 atom stereocenters. The number of ketones is 1. The van der Waals surface area contributed by atoms with Crippen molar-refractivity contribution >= 4 is 29.0 Å². The third-order valence-corrected chi connectivity index (χ3v) is 4.31. The highest BCUT2D eigenvalue weighted by Gasteiger charge is 2.37. The molecule has 1 aliphatic carbocycles. The average molecular weight is 262 g/mol. The van der Waals surface area contributed by atoms with Crippen LogP contribution in [-0.2, 0) is 4.79 Å². The summed E-state index contributed by atoms with van der Waals surface area (Å²) in [5, 5.41) is 0.666. The molecule has 0 amide bonds. The summed E-state index contributed by atoms with van der Waals surface area (Å²) in [5.74, 6) is 0.699. The summed E-state index contributed by atoms with van der Waals surface area (Å²) in [7, 11) is 0. The van der Waals surface area contributed by atoms with Gasteiger partial charge < -0.3 is 0 Å². The Morgan fingerprint density at radius 2 is 2.25 bits per heavy atom. The van der Waals surface area contributed by atoms with E-state index in [4.69, 9.17) is 23.2 Å². The Morgan fingerprint density at radius 1 is 1.44 bits per heavy atom. The summed E-state index contributed by atoms with van der Waals surface area (Å²) in [6.07, 6.45) is 5.19. The Balaban J connectivity index is 2.00. The predicted molar refractivity (Wildman–Crippen MR) is 66.7 cm³/mol. The molecule has 1 aliphatic heterocycles. The quantitative estimate of drug-likeness (QED) is 0.778. The van der Waals surface area contributed by atoms with Crippen molar-refractivity contribution in [3.63, 3.8) is 0 Å². The number of Topliss-reactive ketones (excluding diaryl/α,β-unsaturated/α-hetero) is 1. The van der Waals surface area contributed by atoms with Gasteiger partial charge in [0.05, 0.1) is 0 Å². The molecule has 0 N–H and O–H groups in total. The molecule has 2 fully saturated rings. The minimum absolute atomic E-state index is 0.252. The Hall–Kier alpha value is -0.0500. The summed E-state index contributed by atoms with van der Waals surface area (Å²) in [6, 6.07) is 0.403. The van der Waals surface area contributed by atoms with E-state index in [0.29, 0.717) is 23.4 Å². The lowest BCUT2D eigenvalue weighted by Crippen LogP contribution is -2.38. The van der Waals surface area contributed by atoms with Gasteiger partial charge in [0.15, 0.2) is 0 Å². The van der Waals surface area contributed by atoms with E-state index in [1.54, 1.807) is 0 Å². The molecule has 1 saturated carbocycles. The van der Waals surface area contributed by atoms with E-state index in [0.717, 1.165) is 32.2 Å². The second-order valence-electron chi connectivity index (χ2n) is 4.70. The zero-order valence-electron chi connectivity index (χ0n) is 9.29. The Labute approximate surface area is 107 Å². The molecular formula is C12H17Cl2NO. The molecule has 0 aromatic carbocycles. The highest BCUT2D eigenvalue weighted by Crippen LogP contribution is 2.33. The van der Waals surface area contributed by atoms with Gasteiger partial charge in [-0.05, 0) is 32.2 Å². The van der Waals surface area contributed by atoms with Crippen molar-refractivity contribution in [2.75, 3.05) is 13.1 Å². The smallest absolute Gasteiger partial charge is 0.137 e. The van der Waals surface area contributed by atoms with E-state index in [1.165, 1.54) is 12.0 Å². The predicted octanol–water partition coefficient (Wildman–Crippen LogP) is 3.14. The molecule has 1 heterocycles. The summed E-state index contributed by atoms with van der Waals surface area (Å²) in [4.78, 5) is 14.1. The second kappa shape index (κ2) is 5.52. The maximum absolute atomic E-state index is 11.8. The monoisotopic (exact) mass is 261 g/mol. The van der Waals surface area contributed by atoms with E-state index >= 15 is 0 Å². The van der Waals surface area contributed by atoms with Crippen molar-refractivity contribution in [3.05, 3.63) is 10.6 Å². The van der Waals surface area contributed by atoms with Gasteiger partial charge in [-0.3, -0.25) is 9.69 Å². The fraction of sp³-hybridized carbons (Fsp3) is 0.750. The maximum Gasteiger partial charge on any atom is 0.137 e. The van der Waals surface area contributed by atoms with E-state index in [2.05, 4.69) is 4.90 Å². The van der Waals surface area contributed by atoms with Crippen LogP contribution < -0.4 is 0 Å². The summed E-state index contributed by atoms with van der Waals surface area (Å²) < 4.78 is 0. The molecule has 2 aliphatic rings. The normalized spacial score (nSPS) is 32.6. The van der Waals surface area contributed by atoms with Crippen LogP contribution in [0.25, 0.3) is 0 Å². The van der Waals surface area contributed by atoms with Gasteiger partial charge in [-0.25, -0.2) is 0 Å². The van der Waals surface area contributed by atoms with Crippen LogP contribution in [0.4, 0.5) is 0 Å². The first-order chi connectivity index (χ1) is 7.72. The number of rotatable bonds is 3. The van der Waals surface area contributed by atoms with Crippen molar-refractivity contribution in [1.29, 1.82) is 0 Å². The molecule has 4 heteroatoms. The van der Waals surface area contributed by atoms with Crippen molar-refractivity contribution in [1.82, 2.24) is 4.90 Å². The molecule has 0 aromatic rings. The lowest BCUT2D eigenvalue weighted by Gasteiger charge is -2.28. The van der Waals surface area contributed by atoms with E-state index < -0.39 is 0 Å². The van der Waals surface area contributed by atoms with Crippen molar-refractivity contribution in [2.45, 2.75) is 38.1 Å². The highest BCUT2D eigenvalue weighted by atomic mass is 35.5. The molecule has 16 heavy (non-hydrogen) atoms. The van der Waals surface area contributed by atoms with Crippen LogP contribution in [-0.4, -0.2) is 29.8 Å². The van der Waals surface area contributed by atoms with Gasteiger partial charge in [-0.1, -0.05) is 23.2 Å². The molecule has 90 valence electrons. The zero-order chi connectivity index (χ0) is 11.5. The van der Waals surface area contributed by atoms with Crippen LogP contribution >= 0.6 is 23.2 Å².